The first kappa shape index (κ1) is 12.7. The molecule has 13 heavy (non-hydrogen) atoms. The fourth-order valence-corrected chi connectivity index (χ4v) is 1.51. The molecule has 0 aliphatic rings. The van der Waals surface area contributed by atoms with Crippen molar-refractivity contribution >= 4 is 17.3 Å². The Hall–Kier alpha value is -0.310. The lowest BCUT2D eigenvalue weighted by Crippen LogP contribution is -2.40. The summed E-state index contributed by atoms with van der Waals surface area (Å²) in [6.45, 7) is 4.43. The maximum atomic E-state index is 5.07. The van der Waals surface area contributed by atoms with Crippen molar-refractivity contribution in [3.8, 4) is 0 Å². The fraction of sp³-hybridized carbons (Fsp3) is 0.900. The zero-order valence-electron chi connectivity index (χ0n) is 9.02. The SMILES string of the molecule is CCCCC(CCC)NC(=S)NC. The van der Waals surface area contributed by atoms with E-state index in [2.05, 4.69) is 24.5 Å². The molecule has 0 aliphatic heterocycles. The molecule has 0 aliphatic carbocycles. The Bertz CT molecular complexity index is 137. The minimum Gasteiger partial charge on any atom is -0.366 e. The van der Waals surface area contributed by atoms with Gasteiger partial charge in [-0.05, 0) is 25.1 Å². The lowest BCUT2D eigenvalue weighted by Gasteiger charge is -2.19. The van der Waals surface area contributed by atoms with Gasteiger partial charge in [0.1, 0.15) is 0 Å². The Morgan fingerprint density at radius 2 is 1.92 bits per heavy atom. The summed E-state index contributed by atoms with van der Waals surface area (Å²) < 4.78 is 0. The van der Waals surface area contributed by atoms with Crippen LogP contribution in [0.15, 0.2) is 0 Å². The van der Waals surface area contributed by atoms with Gasteiger partial charge in [-0.25, -0.2) is 0 Å². The van der Waals surface area contributed by atoms with Crippen LogP contribution in [0, 0.1) is 0 Å². The second kappa shape index (κ2) is 8.30. The molecule has 0 heterocycles. The van der Waals surface area contributed by atoms with E-state index in [4.69, 9.17) is 12.2 Å². The molecule has 0 spiro atoms. The van der Waals surface area contributed by atoms with Crippen molar-refractivity contribution in [1.82, 2.24) is 10.6 Å². The average molecular weight is 202 g/mol. The van der Waals surface area contributed by atoms with Gasteiger partial charge in [-0.15, -0.1) is 0 Å². The van der Waals surface area contributed by atoms with Gasteiger partial charge < -0.3 is 10.6 Å². The van der Waals surface area contributed by atoms with Crippen molar-refractivity contribution in [3.05, 3.63) is 0 Å². The molecule has 0 bridgehead atoms. The summed E-state index contributed by atoms with van der Waals surface area (Å²) >= 11 is 5.07. The van der Waals surface area contributed by atoms with Gasteiger partial charge in [0.15, 0.2) is 5.11 Å². The van der Waals surface area contributed by atoms with E-state index in [1.807, 2.05) is 7.05 Å². The molecule has 0 radical (unpaired) electrons. The van der Waals surface area contributed by atoms with Crippen LogP contribution in [-0.2, 0) is 0 Å². The Balaban J connectivity index is 3.71. The van der Waals surface area contributed by atoms with Crippen LogP contribution in [0.1, 0.15) is 46.0 Å². The molecule has 2 N–H and O–H groups in total. The lowest BCUT2D eigenvalue weighted by atomic mass is 10.1. The third kappa shape index (κ3) is 6.82. The fourth-order valence-electron chi connectivity index (χ4n) is 1.35. The normalized spacial score (nSPS) is 12.2. The van der Waals surface area contributed by atoms with E-state index < -0.39 is 0 Å². The molecule has 0 aromatic rings. The van der Waals surface area contributed by atoms with Crippen LogP contribution in [-0.4, -0.2) is 18.2 Å². The van der Waals surface area contributed by atoms with Crippen molar-refractivity contribution in [2.75, 3.05) is 7.05 Å². The third-order valence-corrected chi connectivity index (χ3v) is 2.43. The van der Waals surface area contributed by atoms with Crippen LogP contribution in [0.4, 0.5) is 0 Å². The van der Waals surface area contributed by atoms with Gasteiger partial charge >= 0.3 is 0 Å². The summed E-state index contributed by atoms with van der Waals surface area (Å²) in [5, 5.41) is 7.05. The number of thiocarbonyl (C=S) groups is 1. The molecule has 0 amide bonds. The molecule has 0 aromatic carbocycles. The molecule has 3 heteroatoms. The zero-order valence-corrected chi connectivity index (χ0v) is 9.84. The van der Waals surface area contributed by atoms with Gasteiger partial charge in [0, 0.05) is 13.1 Å². The number of unbranched alkanes of at least 4 members (excludes halogenated alkanes) is 1. The van der Waals surface area contributed by atoms with E-state index >= 15 is 0 Å². The second-order valence-corrected chi connectivity index (χ2v) is 3.76. The van der Waals surface area contributed by atoms with E-state index in [0.29, 0.717) is 6.04 Å². The van der Waals surface area contributed by atoms with E-state index in [1.54, 1.807) is 0 Å². The first-order valence-electron chi connectivity index (χ1n) is 5.22. The first-order valence-corrected chi connectivity index (χ1v) is 5.63. The van der Waals surface area contributed by atoms with Crippen molar-refractivity contribution in [1.29, 1.82) is 0 Å². The van der Waals surface area contributed by atoms with Crippen molar-refractivity contribution in [3.63, 3.8) is 0 Å². The van der Waals surface area contributed by atoms with E-state index in [0.717, 1.165) is 5.11 Å². The highest BCUT2D eigenvalue weighted by atomic mass is 32.1. The van der Waals surface area contributed by atoms with Gasteiger partial charge in [0.25, 0.3) is 0 Å². The molecular formula is C10H22N2S. The van der Waals surface area contributed by atoms with Crippen molar-refractivity contribution in [2.24, 2.45) is 0 Å². The van der Waals surface area contributed by atoms with Gasteiger partial charge in [-0.2, -0.15) is 0 Å². The number of nitrogens with one attached hydrogen (secondary N) is 2. The largest absolute Gasteiger partial charge is 0.366 e. The molecule has 0 fully saturated rings. The Labute approximate surface area is 87.5 Å². The van der Waals surface area contributed by atoms with Crippen LogP contribution in [0.25, 0.3) is 0 Å². The molecule has 1 unspecified atom stereocenters. The highest BCUT2D eigenvalue weighted by Gasteiger charge is 2.06. The van der Waals surface area contributed by atoms with Gasteiger partial charge in [-0.3, -0.25) is 0 Å². The Morgan fingerprint density at radius 1 is 1.23 bits per heavy atom. The topological polar surface area (TPSA) is 24.1 Å². The molecule has 78 valence electrons. The van der Waals surface area contributed by atoms with Crippen LogP contribution >= 0.6 is 12.2 Å². The number of hydrogen-bond acceptors (Lipinski definition) is 1. The quantitative estimate of drug-likeness (QED) is 0.647. The average Bonchev–Trinajstić information content (AvgIpc) is 2.14. The lowest BCUT2D eigenvalue weighted by molar-refractivity contribution is 0.493. The minimum atomic E-state index is 0.560. The monoisotopic (exact) mass is 202 g/mol. The zero-order chi connectivity index (χ0) is 10.1. The molecule has 2 nitrogen and oxygen atoms in total. The second-order valence-electron chi connectivity index (χ2n) is 3.35. The van der Waals surface area contributed by atoms with Crippen LogP contribution in [0.2, 0.25) is 0 Å². The third-order valence-electron chi connectivity index (χ3n) is 2.11. The first-order chi connectivity index (χ1) is 6.24. The Kier molecular flexibility index (Phi) is 8.10. The molecule has 0 rings (SSSR count). The molecule has 0 saturated heterocycles. The van der Waals surface area contributed by atoms with Gasteiger partial charge in [0.05, 0.1) is 0 Å². The van der Waals surface area contributed by atoms with Crippen LogP contribution < -0.4 is 10.6 Å². The maximum absolute atomic E-state index is 5.07. The van der Waals surface area contributed by atoms with Crippen LogP contribution in [0.5, 0.6) is 0 Å². The molecule has 1 atom stereocenters. The molecule has 0 saturated carbocycles. The van der Waals surface area contributed by atoms with E-state index in [9.17, 15) is 0 Å². The Morgan fingerprint density at radius 3 is 2.38 bits per heavy atom. The predicted octanol–water partition coefficient (Wildman–Crippen LogP) is 2.44. The number of hydrogen-bond donors (Lipinski definition) is 2. The maximum Gasteiger partial charge on any atom is 0.166 e. The van der Waals surface area contributed by atoms with E-state index in [-0.39, 0.29) is 0 Å². The van der Waals surface area contributed by atoms with Crippen molar-refractivity contribution < 1.29 is 0 Å². The molecular weight excluding hydrogens is 180 g/mol. The summed E-state index contributed by atoms with van der Waals surface area (Å²) in [4.78, 5) is 0. The summed E-state index contributed by atoms with van der Waals surface area (Å²) in [7, 11) is 1.86. The summed E-state index contributed by atoms with van der Waals surface area (Å²) in [5.74, 6) is 0. The minimum absolute atomic E-state index is 0.560. The standard InChI is InChI=1S/C10H22N2S/c1-4-6-8-9(7-5-2)12-10(13)11-3/h9H,4-8H2,1-3H3,(H2,11,12,13). The predicted molar refractivity (Wildman–Crippen MR) is 63.0 cm³/mol. The summed E-state index contributed by atoms with van der Waals surface area (Å²) in [6.07, 6.45) is 6.19. The van der Waals surface area contributed by atoms with Gasteiger partial charge in [0.2, 0.25) is 0 Å². The summed E-state index contributed by atoms with van der Waals surface area (Å²) in [5.41, 5.74) is 0. The number of rotatable bonds is 6. The van der Waals surface area contributed by atoms with Crippen molar-refractivity contribution in [2.45, 2.75) is 52.0 Å². The highest BCUT2D eigenvalue weighted by molar-refractivity contribution is 7.80. The molecule has 0 aromatic heterocycles. The smallest absolute Gasteiger partial charge is 0.166 e. The highest BCUT2D eigenvalue weighted by Crippen LogP contribution is 2.06. The van der Waals surface area contributed by atoms with Crippen LogP contribution in [0.3, 0.4) is 0 Å². The van der Waals surface area contributed by atoms with E-state index in [1.165, 1.54) is 32.1 Å². The van der Waals surface area contributed by atoms with Gasteiger partial charge in [-0.1, -0.05) is 33.1 Å². The summed E-state index contributed by atoms with van der Waals surface area (Å²) in [6, 6.07) is 0.560.